The summed E-state index contributed by atoms with van der Waals surface area (Å²) < 4.78 is 52.5. The third kappa shape index (κ3) is 11.8. The molecule has 0 bridgehead atoms. The van der Waals surface area contributed by atoms with Gasteiger partial charge in [-0.15, -0.1) is 0 Å². The van der Waals surface area contributed by atoms with Gasteiger partial charge in [-0.3, -0.25) is 0 Å². The minimum absolute atomic E-state index is 0.0988. The van der Waals surface area contributed by atoms with Crippen LogP contribution in [0.5, 0.6) is 0 Å². The van der Waals surface area contributed by atoms with Gasteiger partial charge in [-0.05, 0) is 25.8 Å². The standard InChI is InChI=1S/C22H35NO8S/c1-22(2,23-21(24)31-16-19-6-4-3-5-7-19)8-15-32(25,26)18-20-17-29-12-11-27-9-10-28-13-14-30-20/h3-7,20H,8-18H2,1-2H3,(H,23,24). The molecule has 1 fully saturated rings. The van der Waals surface area contributed by atoms with E-state index in [1.165, 1.54) is 0 Å². The summed E-state index contributed by atoms with van der Waals surface area (Å²) in [6, 6.07) is 9.33. The Balaban J connectivity index is 1.77. The first kappa shape index (κ1) is 26.5. The zero-order chi connectivity index (χ0) is 23.3. The van der Waals surface area contributed by atoms with Crippen LogP contribution in [-0.2, 0) is 40.1 Å². The molecule has 32 heavy (non-hydrogen) atoms. The summed E-state index contributed by atoms with van der Waals surface area (Å²) in [5.74, 6) is -0.263. The van der Waals surface area contributed by atoms with Gasteiger partial charge in [0.1, 0.15) is 6.61 Å². The van der Waals surface area contributed by atoms with Crippen LogP contribution in [0.25, 0.3) is 0 Å². The molecule has 0 aromatic heterocycles. The predicted molar refractivity (Wildman–Crippen MR) is 119 cm³/mol. The van der Waals surface area contributed by atoms with Gasteiger partial charge in [0, 0.05) is 5.54 Å². The summed E-state index contributed by atoms with van der Waals surface area (Å²) in [4.78, 5) is 12.1. The van der Waals surface area contributed by atoms with Gasteiger partial charge < -0.3 is 29.0 Å². The van der Waals surface area contributed by atoms with Crippen LogP contribution in [0.15, 0.2) is 30.3 Å². The van der Waals surface area contributed by atoms with Crippen LogP contribution in [0.2, 0.25) is 0 Å². The molecule has 1 aromatic rings. The largest absolute Gasteiger partial charge is 0.445 e. The average Bonchev–Trinajstić information content (AvgIpc) is 2.73. The van der Waals surface area contributed by atoms with Crippen molar-refractivity contribution < 1.29 is 36.9 Å². The Morgan fingerprint density at radius 2 is 1.66 bits per heavy atom. The van der Waals surface area contributed by atoms with E-state index >= 15 is 0 Å². The molecule has 10 heteroatoms. The number of nitrogens with one attached hydrogen (secondary N) is 1. The maximum Gasteiger partial charge on any atom is 0.407 e. The van der Waals surface area contributed by atoms with E-state index in [0.717, 1.165) is 5.56 Å². The van der Waals surface area contributed by atoms with Crippen molar-refractivity contribution in [3.63, 3.8) is 0 Å². The second-order valence-electron chi connectivity index (χ2n) is 8.23. The van der Waals surface area contributed by atoms with Crippen LogP contribution < -0.4 is 5.32 Å². The highest BCUT2D eigenvalue weighted by molar-refractivity contribution is 7.91. The highest BCUT2D eigenvalue weighted by Crippen LogP contribution is 2.13. The van der Waals surface area contributed by atoms with E-state index in [1.807, 2.05) is 30.3 Å². The molecule has 0 saturated carbocycles. The number of carbonyl (C=O) groups excluding carboxylic acids is 1. The minimum Gasteiger partial charge on any atom is -0.445 e. The summed E-state index contributed by atoms with van der Waals surface area (Å²) in [5, 5.41) is 2.74. The summed E-state index contributed by atoms with van der Waals surface area (Å²) >= 11 is 0. The van der Waals surface area contributed by atoms with Crippen molar-refractivity contribution in [1.82, 2.24) is 5.32 Å². The number of rotatable bonds is 8. The van der Waals surface area contributed by atoms with Crippen LogP contribution in [-0.4, -0.2) is 83.9 Å². The number of benzene rings is 1. The Morgan fingerprint density at radius 3 is 2.34 bits per heavy atom. The van der Waals surface area contributed by atoms with Gasteiger partial charge in [-0.1, -0.05) is 30.3 Å². The fourth-order valence-corrected chi connectivity index (χ4v) is 4.69. The molecular formula is C22H35NO8S. The summed E-state index contributed by atoms with van der Waals surface area (Å²) in [6.07, 6.45) is -0.940. The van der Waals surface area contributed by atoms with E-state index < -0.39 is 27.6 Å². The molecular weight excluding hydrogens is 438 g/mol. The van der Waals surface area contributed by atoms with E-state index in [-0.39, 0.29) is 37.7 Å². The second kappa shape index (κ2) is 13.7. The Morgan fingerprint density at radius 1 is 1.03 bits per heavy atom. The molecule has 1 unspecified atom stereocenters. The molecule has 2 rings (SSSR count). The van der Waals surface area contributed by atoms with Crippen LogP contribution in [0.4, 0.5) is 4.79 Å². The summed E-state index contributed by atoms with van der Waals surface area (Å²) in [5.41, 5.74) is 0.120. The molecule has 1 atom stereocenters. The highest BCUT2D eigenvalue weighted by atomic mass is 32.2. The SMILES string of the molecule is CC(C)(CCS(=O)(=O)CC1COCCOCCOCCO1)NC(=O)OCc1ccccc1. The Hall–Kier alpha value is -1.72. The first-order valence-electron chi connectivity index (χ1n) is 10.8. The van der Waals surface area contributed by atoms with E-state index in [9.17, 15) is 13.2 Å². The van der Waals surface area contributed by atoms with Crippen molar-refractivity contribution >= 4 is 15.9 Å². The van der Waals surface area contributed by atoms with Gasteiger partial charge in [0.15, 0.2) is 9.84 Å². The number of hydrogen-bond acceptors (Lipinski definition) is 8. The van der Waals surface area contributed by atoms with Crippen LogP contribution in [0.1, 0.15) is 25.8 Å². The molecule has 1 amide bonds. The fourth-order valence-electron chi connectivity index (χ4n) is 2.95. The maximum absolute atomic E-state index is 12.7. The van der Waals surface area contributed by atoms with Crippen molar-refractivity contribution in [3.8, 4) is 0 Å². The Bertz CT molecular complexity index is 757. The fraction of sp³-hybridized carbons (Fsp3) is 0.682. The normalized spacial score (nSPS) is 19.4. The lowest BCUT2D eigenvalue weighted by Crippen LogP contribution is -2.45. The van der Waals surface area contributed by atoms with Gasteiger partial charge in [-0.2, -0.15) is 0 Å². The van der Waals surface area contributed by atoms with Crippen molar-refractivity contribution in [1.29, 1.82) is 0 Å². The van der Waals surface area contributed by atoms with Crippen molar-refractivity contribution in [2.45, 2.75) is 38.5 Å². The van der Waals surface area contributed by atoms with E-state index in [2.05, 4.69) is 5.32 Å². The number of sulfone groups is 1. The van der Waals surface area contributed by atoms with Crippen molar-refractivity contribution in [2.24, 2.45) is 0 Å². The summed E-state index contributed by atoms with van der Waals surface area (Å²) in [7, 11) is -3.44. The molecule has 182 valence electrons. The van der Waals surface area contributed by atoms with E-state index in [4.69, 9.17) is 23.7 Å². The highest BCUT2D eigenvalue weighted by Gasteiger charge is 2.27. The minimum atomic E-state index is -3.44. The van der Waals surface area contributed by atoms with Gasteiger partial charge in [0.05, 0.1) is 63.9 Å². The first-order chi connectivity index (χ1) is 15.3. The quantitative estimate of drug-likeness (QED) is 0.610. The van der Waals surface area contributed by atoms with Gasteiger partial charge in [0.2, 0.25) is 0 Å². The second-order valence-corrected chi connectivity index (χ2v) is 10.5. The molecule has 0 radical (unpaired) electrons. The van der Waals surface area contributed by atoms with E-state index in [1.54, 1.807) is 13.8 Å². The zero-order valence-corrected chi connectivity index (χ0v) is 19.7. The number of carbonyl (C=O) groups is 1. The number of amides is 1. The topological polar surface area (TPSA) is 109 Å². The number of hydrogen-bond donors (Lipinski definition) is 1. The van der Waals surface area contributed by atoms with Crippen molar-refractivity contribution in [2.75, 3.05) is 57.8 Å². The lowest BCUT2D eigenvalue weighted by molar-refractivity contribution is -0.0597. The molecule has 9 nitrogen and oxygen atoms in total. The molecule has 1 heterocycles. The third-order valence-electron chi connectivity index (χ3n) is 4.76. The molecule has 1 saturated heterocycles. The van der Waals surface area contributed by atoms with E-state index in [0.29, 0.717) is 33.0 Å². The molecule has 0 aliphatic carbocycles. The Labute approximate surface area is 190 Å². The van der Waals surface area contributed by atoms with Gasteiger partial charge in [-0.25, -0.2) is 13.2 Å². The number of ether oxygens (including phenoxy) is 5. The smallest absolute Gasteiger partial charge is 0.407 e. The molecule has 0 spiro atoms. The van der Waals surface area contributed by atoms with Gasteiger partial charge >= 0.3 is 6.09 Å². The predicted octanol–water partition coefficient (Wildman–Crippen LogP) is 1.94. The van der Waals surface area contributed by atoms with Gasteiger partial charge in [0.25, 0.3) is 0 Å². The molecule has 1 aliphatic heterocycles. The molecule has 1 N–H and O–H groups in total. The lowest BCUT2D eigenvalue weighted by atomic mass is 10.0. The molecule has 1 aromatic carbocycles. The Kier molecular flexibility index (Phi) is 11.4. The first-order valence-corrected chi connectivity index (χ1v) is 12.6. The van der Waals surface area contributed by atoms with Crippen LogP contribution in [0, 0.1) is 0 Å². The maximum atomic E-state index is 12.7. The third-order valence-corrected chi connectivity index (χ3v) is 6.47. The monoisotopic (exact) mass is 473 g/mol. The summed E-state index contributed by atoms with van der Waals surface area (Å²) in [6.45, 7) is 6.22. The molecule has 1 aliphatic rings. The average molecular weight is 474 g/mol. The van der Waals surface area contributed by atoms with Crippen LogP contribution >= 0.6 is 0 Å². The van der Waals surface area contributed by atoms with Crippen LogP contribution in [0.3, 0.4) is 0 Å². The zero-order valence-electron chi connectivity index (χ0n) is 18.9. The lowest BCUT2D eigenvalue weighted by Gasteiger charge is -2.26. The number of alkyl carbamates (subject to hydrolysis) is 1. The van der Waals surface area contributed by atoms with Crippen molar-refractivity contribution in [3.05, 3.63) is 35.9 Å².